The average molecular weight is 540 g/mol. The van der Waals surface area contributed by atoms with Crippen LogP contribution in [-0.2, 0) is 15.8 Å². The summed E-state index contributed by atoms with van der Waals surface area (Å²) in [6.45, 7) is 1.69. The van der Waals surface area contributed by atoms with E-state index in [0.29, 0.717) is 17.0 Å². The quantitative estimate of drug-likeness (QED) is 0.254. The van der Waals surface area contributed by atoms with Gasteiger partial charge < -0.3 is 24.8 Å². The third-order valence-electron chi connectivity index (χ3n) is 5.12. The lowest BCUT2D eigenvalue weighted by molar-refractivity contribution is -0.137. The molecule has 0 aliphatic rings. The Balaban J connectivity index is 1.70. The molecule has 0 radical (unpaired) electrons. The lowest BCUT2D eigenvalue weighted by atomic mass is 10.1. The number of methoxy groups -OCH3 is 1. The first-order chi connectivity index (χ1) is 18.6. The van der Waals surface area contributed by atoms with E-state index in [1.54, 1.807) is 37.3 Å². The largest absolute Gasteiger partial charge is 0.497 e. The zero-order valence-electron chi connectivity index (χ0n) is 21.0. The Morgan fingerprint density at radius 2 is 1.69 bits per heavy atom. The monoisotopic (exact) mass is 539 g/mol. The molecule has 0 aliphatic heterocycles. The summed E-state index contributed by atoms with van der Waals surface area (Å²) in [7, 11) is 1.54. The minimum absolute atomic E-state index is 0.109. The number of benzene rings is 3. The first kappa shape index (κ1) is 28.6. The molecule has 202 valence electrons. The van der Waals surface area contributed by atoms with Gasteiger partial charge in [0, 0.05) is 11.4 Å². The molecule has 2 N–H and O–H groups in total. The zero-order valence-corrected chi connectivity index (χ0v) is 21.0. The van der Waals surface area contributed by atoms with Crippen LogP contribution in [0, 0.1) is 11.3 Å². The number of hydrogen-bond donors (Lipinski definition) is 2. The topological polar surface area (TPSA) is 110 Å². The highest BCUT2D eigenvalue weighted by Gasteiger charge is 2.30. The van der Waals surface area contributed by atoms with E-state index >= 15 is 0 Å². The smallest absolute Gasteiger partial charge is 0.416 e. The molecular weight excluding hydrogens is 515 g/mol. The maximum Gasteiger partial charge on any atom is 0.416 e. The van der Waals surface area contributed by atoms with Crippen LogP contribution in [-0.4, -0.2) is 32.1 Å². The second-order valence-electron chi connectivity index (χ2n) is 7.91. The van der Waals surface area contributed by atoms with E-state index in [9.17, 15) is 28.0 Å². The summed E-state index contributed by atoms with van der Waals surface area (Å²) >= 11 is 0. The molecule has 3 aromatic rings. The number of ether oxygens (including phenoxy) is 3. The minimum Gasteiger partial charge on any atom is -0.497 e. The van der Waals surface area contributed by atoms with Gasteiger partial charge in [-0.2, -0.15) is 18.4 Å². The van der Waals surface area contributed by atoms with Crippen molar-refractivity contribution < 1.29 is 37.0 Å². The molecule has 0 heterocycles. The molecule has 11 heteroatoms. The van der Waals surface area contributed by atoms with Crippen LogP contribution in [0.25, 0.3) is 6.08 Å². The van der Waals surface area contributed by atoms with Gasteiger partial charge in [0.15, 0.2) is 18.1 Å². The van der Waals surface area contributed by atoms with Gasteiger partial charge in [0.1, 0.15) is 17.4 Å². The summed E-state index contributed by atoms with van der Waals surface area (Å²) in [5.41, 5.74) is -0.436. The van der Waals surface area contributed by atoms with E-state index in [1.807, 2.05) is 0 Å². The first-order valence-electron chi connectivity index (χ1n) is 11.6. The fraction of sp³-hybridized carbons (Fsp3) is 0.179. The number of carbonyl (C=O) groups excluding carboxylic acids is 2. The first-order valence-corrected chi connectivity index (χ1v) is 11.6. The second-order valence-corrected chi connectivity index (χ2v) is 7.91. The van der Waals surface area contributed by atoms with E-state index in [-0.39, 0.29) is 36.0 Å². The van der Waals surface area contributed by atoms with Crippen molar-refractivity contribution in [3.63, 3.8) is 0 Å². The Bertz CT molecular complexity index is 1400. The Morgan fingerprint density at radius 3 is 2.33 bits per heavy atom. The fourth-order valence-electron chi connectivity index (χ4n) is 3.30. The van der Waals surface area contributed by atoms with Gasteiger partial charge in [0.25, 0.3) is 11.8 Å². The Morgan fingerprint density at radius 1 is 0.949 bits per heavy atom. The fourth-order valence-corrected chi connectivity index (χ4v) is 3.30. The SMILES string of the molecule is CCOc1cc(/C=C(\C#N)C(=O)Nc2cccc(C(F)(F)F)c2)ccc1OCC(=O)Nc1ccc(OC)cc1. The van der Waals surface area contributed by atoms with Crippen molar-refractivity contribution in [2.24, 2.45) is 0 Å². The second kappa shape index (κ2) is 13.0. The molecule has 3 aromatic carbocycles. The molecule has 0 aromatic heterocycles. The van der Waals surface area contributed by atoms with Crippen LogP contribution in [0.3, 0.4) is 0 Å². The molecule has 8 nitrogen and oxygen atoms in total. The van der Waals surface area contributed by atoms with Crippen LogP contribution in [0.2, 0.25) is 0 Å². The number of rotatable bonds is 10. The van der Waals surface area contributed by atoms with Gasteiger partial charge in [0.05, 0.1) is 19.3 Å². The van der Waals surface area contributed by atoms with Crippen LogP contribution in [0.5, 0.6) is 17.2 Å². The molecule has 2 amide bonds. The van der Waals surface area contributed by atoms with Crippen molar-refractivity contribution in [3.8, 4) is 23.3 Å². The predicted octanol–water partition coefficient (Wildman–Crippen LogP) is 5.68. The molecule has 0 spiro atoms. The molecule has 0 aliphatic carbocycles. The molecule has 0 saturated carbocycles. The molecule has 0 fully saturated rings. The number of anilines is 2. The van der Waals surface area contributed by atoms with Crippen LogP contribution in [0.1, 0.15) is 18.1 Å². The number of halogens is 3. The highest BCUT2D eigenvalue weighted by atomic mass is 19.4. The van der Waals surface area contributed by atoms with Crippen LogP contribution in [0.15, 0.2) is 72.3 Å². The van der Waals surface area contributed by atoms with Gasteiger partial charge in [-0.25, -0.2) is 0 Å². The predicted molar refractivity (Wildman–Crippen MR) is 138 cm³/mol. The van der Waals surface area contributed by atoms with E-state index in [4.69, 9.17) is 14.2 Å². The zero-order chi connectivity index (χ0) is 28.4. The number of alkyl halides is 3. The van der Waals surface area contributed by atoms with Gasteiger partial charge >= 0.3 is 6.18 Å². The summed E-state index contributed by atoms with van der Waals surface area (Å²) in [6, 6.07) is 17.1. The van der Waals surface area contributed by atoms with E-state index in [0.717, 1.165) is 18.2 Å². The van der Waals surface area contributed by atoms with Crippen LogP contribution >= 0.6 is 0 Å². The summed E-state index contributed by atoms with van der Waals surface area (Å²) in [4.78, 5) is 24.9. The Labute approximate surface area is 222 Å². The highest BCUT2D eigenvalue weighted by molar-refractivity contribution is 6.09. The maximum absolute atomic E-state index is 12.9. The van der Waals surface area contributed by atoms with Gasteiger partial charge in [-0.3, -0.25) is 9.59 Å². The van der Waals surface area contributed by atoms with E-state index in [2.05, 4.69) is 10.6 Å². The van der Waals surface area contributed by atoms with Crippen LogP contribution < -0.4 is 24.8 Å². The van der Waals surface area contributed by atoms with Crippen molar-refractivity contribution in [2.45, 2.75) is 13.1 Å². The standard InChI is InChI=1S/C28H24F3N3O5/c1-3-38-25-14-18(7-12-24(25)39-17-26(35)33-21-8-10-23(37-2)11-9-21)13-19(16-32)27(36)34-22-6-4-5-20(15-22)28(29,30)31/h4-15H,3,17H2,1-2H3,(H,33,35)(H,34,36)/b19-13+. The molecule has 0 bridgehead atoms. The lowest BCUT2D eigenvalue weighted by Crippen LogP contribution is -2.20. The van der Waals surface area contributed by atoms with Crippen LogP contribution in [0.4, 0.5) is 24.5 Å². The summed E-state index contributed by atoms with van der Waals surface area (Å²) in [5.74, 6) is -0.132. The number of nitrogens with zero attached hydrogens (tertiary/aromatic N) is 1. The number of hydrogen-bond acceptors (Lipinski definition) is 6. The minimum atomic E-state index is -4.58. The van der Waals surface area contributed by atoms with Gasteiger partial charge in [-0.05, 0) is 73.2 Å². The molecule has 0 atom stereocenters. The van der Waals surface area contributed by atoms with Crippen molar-refractivity contribution in [1.82, 2.24) is 0 Å². The number of amides is 2. The summed E-state index contributed by atoms with van der Waals surface area (Å²) in [6.07, 6.45) is -3.32. The van der Waals surface area contributed by atoms with Gasteiger partial charge in [-0.15, -0.1) is 0 Å². The number of nitrogens with one attached hydrogen (secondary N) is 2. The Hall–Kier alpha value is -4.98. The molecule has 3 rings (SSSR count). The summed E-state index contributed by atoms with van der Waals surface area (Å²) in [5, 5.41) is 14.5. The molecule has 39 heavy (non-hydrogen) atoms. The lowest BCUT2D eigenvalue weighted by Gasteiger charge is -2.13. The van der Waals surface area contributed by atoms with Crippen molar-refractivity contribution in [2.75, 3.05) is 31.0 Å². The van der Waals surface area contributed by atoms with Crippen molar-refractivity contribution >= 4 is 29.3 Å². The Kier molecular flexibility index (Phi) is 9.53. The highest BCUT2D eigenvalue weighted by Crippen LogP contribution is 2.31. The molecule has 0 saturated heterocycles. The van der Waals surface area contributed by atoms with Crippen molar-refractivity contribution in [3.05, 3.63) is 83.4 Å². The van der Waals surface area contributed by atoms with Gasteiger partial charge in [-0.1, -0.05) is 12.1 Å². The third-order valence-corrected chi connectivity index (χ3v) is 5.12. The molecule has 0 unspecified atom stereocenters. The number of nitriles is 1. The average Bonchev–Trinajstić information content (AvgIpc) is 2.91. The maximum atomic E-state index is 12.9. The van der Waals surface area contributed by atoms with Gasteiger partial charge in [0.2, 0.25) is 0 Å². The molecular formula is C28H24F3N3O5. The summed E-state index contributed by atoms with van der Waals surface area (Å²) < 4.78 is 55.1. The van der Waals surface area contributed by atoms with E-state index in [1.165, 1.54) is 37.5 Å². The number of carbonyl (C=O) groups is 2. The normalized spacial score (nSPS) is 11.2. The van der Waals surface area contributed by atoms with Crippen molar-refractivity contribution in [1.29, 1.82) is 5.26 Å². The third kappa shape index (κ3) is 8.26. The van der Waals surface area contributed by atoms with E-state index < -0.39 is 23.6 Å².